The Morgan fingerprint density at radius 2 is 1.80 bits per heavy atom. The summed E-state index contributed by atoms with van der Waals surface area (Å²) >= 11 is 0. The number of aliphatic hydroxyl groups is 1. The Morgan fingerprint density at radius 3 is 2.50 bits per heavy atom. The fraction of sp³-hybridized carbons (Fsp3) is 0.857. The molecule has 1 aliphatic carbocycles. The summed E-state index contributed by atoms with van der Waals surface area (Å²) in [5, 5.41) is 14.5. The number of amides is 3. The van der Waals surface area contributed by atoms with E-state index in [2.05, 4.69) is 10.6 Å². The molecule has 3 amide bonds. The highest BCUT2D eigenvalue weighted by molar-refractivity contribution is 5.95. The third kappa shape index (κ3) is 4.45. The summed E-state index contributed by atoms with van der Waals surface area (Å²) in [6.45, 7) is 1.06. The van der Waals surface area contributed by atoms with E-state index in [9.17, 15) is 14.7 Å². The Kier molecular flexibility index (Phi) is 5.79. The molecule has 1 saturated carbocycles. The molecule has 20 heavy (non-hydrogen) atoms. The first-order valence-electron chi connectivity index (χ1n) is 7.64. The number of aliphatic hydroxyl groups excluding tert-OH is 1. The quantitative estimate of drug-likeness (QED) is 0.706. The lowest BCUT2D eigenvalue weighted by molar-refractivity contribution is -0.122. The average molecular weight is 283 g/mol. The van der Waals surface area contributed by atoms with Gasteiger partial charge >= 0.3 is 6.03 Å². The average Bonchev–Trinajstić information content (AvgIpc) is 2.91. The highest BCUT2D eigenvalue weighted by Crippen LogP contribution is 2.17. The minimum Gasteiger partial charge on any atom is -0.395 e. The second kappa shape index (κ2) is 7.59. The van der Waals surface area contributed by atoms with E-state index in [1.54, 1.807) is 0 Å². The standard InChI is InChI=1S/C14H25N3O3/c18-10-12-7-3-4-8-17(12)9-13(19)16-14(20)15-11-5-1-2-6-11/h11-12,18H,1-10H2,(H2,15,16,19,20). The second-order valence-electron chi connectivity index (χ2n) is 5.81. The fourth-order valence-corrected chi connectivity index (χ4v) is 3.12. The molecule has 1 aliphatic heterocycles. The molecule has 1 heterocycles. The zero-order valence-corrected chi connectivity index (χ0v) is 11.9. The van der Waals surface area contributed by atoms with Gasteiger partial charge < -0.3 is 10.4 Å². The van der Waals surface area contributed by atoms with Crippen LogP contribution in [0, 0.1) is 0 Å². The highest BCUT2D eigenvalue weighted by atomic mass is 16.3. The molecule has 2 aliphatic rings. The van der Waals surface area contributed by atoms with Crippen LogP contribution in [0.5, 0.6) is 0 Å². The molecular weight excluding hydrogens is 258 g/mol. The summed E-state index contributed by atoms with van der Waals surface area (Å²) in [4.78, 5) is 25.5. The van der Waals surface area contributed by atoms with Gasteiger partial charge in [-0.05, 0) is 32.2 Å². The molecule has 1 atom stereocenters. The normalized spacial score (nSPS) is 24.6. The Labute approximate surface area is 119 Å². The highest BCUT2D eigenvalue weighted by Gasteiger charge is 2.24. The minimum absolute atomic E-state index is 0.0485. The van der Waals surface area contributed by atoms with Crippen molar-refractivity contribution < 1.29 is 14.7 Å². The van der Waals surface area contributed by atoms with Crippen LogP contribution < -0.4 is 10.6 Å². The lowest BCUT2D eigenvalue weighted by Crippen LogP contribution is -2.50. The number of nitrogens with one attached hydrogen (secondary N) is 2. The van der Waals surface area contributed by atoms with Crippen LogP contribution in [0.2, 0.25) is 0 Å². The maximum atomic E-state index is 11.9. The number of likely N-dealkylation sites (tertiary alicyclic amines) is 1. The summed E-state index contributed by atoms with van der Waals surface area (Å²) in [5.74, 6) is -0.291. The molecule has 1 unspecified atom stereocenters. The van der Waals surface area contributed by atoms with Gasteiger partial charge in [-0.25, -0.2) is 4.79 Å². The lowest BCUT2D eigenvalue weighted by atomic mass is 10.0. The van der Waals surface area contributed by atoms with Crippen LogP contribution in [0.25, 0.3) is 0 Å². The number of carbonyl (C=O) groups excluding carboxylic acids is 2. The number of urea groups is 1. The van der Waals surface area contributed by atoms with Crippen LogP contribution in [0.3, 0.4) is 0 Å². The molecule has 0 aromatic rings. The van der Waals surface area contributed by atoms with Crippen molar-refractivity contribution in [3.8, 4) is 0 Å². The van der Waals surface area contributed by atoms with E-state index < -0.39 is 0 Å². The van der Waals surface area contributed by atoms with Crippen molar-refractivity contribution in [1.29, 1.82) is 0 Å². The van der Waals surface area contributed by atoms with Gasteiger partial charge in [0.25, 0.3) is 0 Å². The van der Waals surface area contributed by atoms with Crippen LogP contribution in [-0.2, 0) is 4.79 Å². The van der Waals surface area contributed by atoms with E-state index in [0.29, 0.717) is 0 Å². The van der Waals surface area contributed by atoms with Crippen molar-refractivity contribution in [2.24, 2.45) is 0 Å². The number of rotatable bonds is 4. The minimum atomic E-state index is -0.389. The van der Waals surface area contributed by atoms with Crippen molar-refractivity contribution in [2.45, 2.75) is 57.0 Å². The zero-order chi connectivity index (χ0) is 14.4. The summed E-state index contributed by atoms with van der Waals surface area (Å²) in [6, 6.07) is -0.130. The first-order valence-corrected chi connectivity index (χ1v) is 7.64. The first-order chi connectivity index (χ1) is 9.69. The van der Waals surface area contributed by atoms with E-state index in [-0.39, 0.29) is 37.2 Å². The largest absolute Gasteiger partial charge is 0.395 e. The van der Waals surface area contributed by atoms with Crippen molar-refractivity contribution in [1.82, 2.24) is 15.5 Å². The van der Waals surface area contributed by atoms with E-state index in [4.69, 9.17) is 0 Å². The topological polar surface area (TPSA) is 81.7 Å². The van der Waals surface area contributed by atoms with Crippen LogP contribution in [0.4, 0.5) is 4.79 Å². The summed E-state index contributed by atoms with van der Waals surface area (Å²) in [6.07, 6.45) is 7.33. The molecule has 0 spiro atoms. The molecule has 2 fully saturated rings. The van der Waals surface area contributed by atoms with Gasteiger partial charge in [-0.2, -0.15) is 0 Å². The van der Waals surface area contributed by atoms with E-state index in [1.807, 2.05) is 4.90 Å². The van der Waals surface area contributed by atoms with Gasteiger partial charge in [0.1, 0.15) is 0 Å². The smallest absolute Gasteiger partial charge is 0.321 e. The maximum absolute atomic E-state index is 11.9. The molecule has 1 saturated heterocycles. The van der Waals surface area contributed by atoms with Gasteiger partial charge in [0.15, 0.2) is 0 Å². The third-order valence-electron chi connectivity index (χ3n) is 4.25. The Bertz CT molecular complexity index is 343. The van der Waals surface area contributed by atoms with Gasteiger partial charge in [-0.1, -0.05) is 19.3 Å². The van der Waals surface area contributed by atoms with Crippen molar-refractivity contribution in [3.63, 3.8) is 0 Å². The molecular formula is C14H25N3O3. The van der Waals surface area contributed by atoms with Gasteiger partial charge in [0.05, 0.1) is 13.2 Å². The molecule has 114 valence electrons. The van der Waals surface area contributed by atoms with Crippen LogP contribution >= 0.6 is 0 Å². The summed E-state index contributed by atoms with van der Waals surface area (Å²) in [7, 11) is 0. The summed E-state index contributed by atoms with van der Waals surface area (Å²) in [5.41, 5.74) is 0. The first kappa shape index (κ1) is 15.3. The molecule has 2 rings (SSSR count). The predicted molar refractivity (Wildman–Crippen MR) is 75.2 cm³/mol. The number of imide groups is 1. The fourth-order valence-electron chi connectivity index (χ4n) is 3.12. The third-order valence-corrected chi connectivity index (χ3v) is 4.25. The molecule has 0 bridgehead atoms. The van der Waals surface area contributed by atoms with Crippen LogP contribution in [-0.4, -0.2) is 53.7 Å². The molecule has 6 heteroatoms. The van der Waals surface area contributed by atoms with E-state index in [1.165, 1.54) is 0 Å². The van der Waals surface area contributed by atoms with Gasteiger partial charge in [0.2, 0.25) is 5.91 Å². The molecule has 6 nitrogen and oxygen atoms in total. The van der Waals surface area contributed by atoms with Crippen molar-refractivity contribution in [3.05, 3.63) is 0 Å². The molecule has 0 aromatic carbocycles. The Morgan fingerprint density at radius 1 is 1.10 bits per heavy atom. The number of hydrogen-bond acceptors (Lipinski definition) is 4. The number of piperidine rings is 1. The van der Waals surface area contributed by atoms with E-state index in [0.717, 1.165) is 51.5 Å². The van der Waals surface area contributed by atoms with Crippen LogP contribution in [0.15, 0.2) is 0 Å². The predicted octanol–water partition coefficient (Wildman–Crippen LogP) is 0.602. The molecule has 0 radical (unpaired) electrons. The maximum Gasteiger partial charge on any atom is 0.321 e. The Balaban J connectivity index is 1.72. The number of hydrogen-bond donors (Lipinski definition) is 3. The monoisotopic (exact) mass is 283 g/mol. The van der Waals surface area contributed by atoms with Crippen molar-refractivity contribution in [2.75, 3.05) is 19.7 Å². The number of nitrogens with zero attached hydrogens (tertiary/aromatic N) is 1. The van der Waals surface area contributed by atoms with Gasteiger partial charge in [0, 0.05) is 12.1 Å². The zero-order valence-electron chi connectivity index (χ0n) is 11.9. The molecule has 3 N–H and O–H groups in total. The summed E-state index contributed by atoms with van der Waals surface area (Å²) < 4.78 is 0. The molecule has 0 aromatic heterocycles. The SMILES string of the molecule is O=C(CN1CCCCC1CO)NC(=O)NC1CCCC1. The lowest BCUT2D eigenvalue weighted by Gasteiger charge is -2.33. The van der Waals surface area contributed by atoms with Gasteiger partial charge in [-0.15, -0.1) is 0 Å². The van der Waals surface area contributed by atoms with E-state index >= 15 is 0 Å². The van der Waals surface area contributed by atoms with Gasteiger partial charge in [-0.3, -0.25) is 15.0 Å². The van der Waals surface area contributed by atoms with Crippen molar-refractivity contribution >= 4 is 11.9 Å². The van der Waals surface area contributed by atoms with Crippen LogP contribution in [0.1, 0.15) is 44.9 Å². The Hall–Kier alpha value is -1.14. The number of carbonyl (C=O) groups is 2. The second-order valence-corrected chi connectivity index (χ2v) is 5.81.